The smallest absolute Gasteiger partial charge is 0.307 e. The summed E-state index contributed by atoms with van der Waals surface area (Å²) in [6.45, 7) is 11.0. The highest BCUT2D eigenvalue weighted by molar-refractivity contribution is 7.91. The van der Waals surface area contributed by atoms with E-state index >= 15 is 0 Å². The predicted molar refractivity (Wildman–Crippen MR) is 246 cm³/mol. The van der Waals surface area contributed by atoms with Crippen LogP contribution in [0.2, 0.25) is 0 Å². The third-order valence-corrected chi connectivity index (χ3v) is 16.4. The number of carbonyl (C=O) groups is 4. The molecule has 3 fully saturated rings. The average molecular weight is 930 g/mol. The van der Waals surface area contributed by atoms with Gasteiger partial charge in [0, 0.05) is 42.2 Å². The molecule has 2 aliphatic heterocycles. The number of hydrogen-bond donors (Lipinski definition) is 1. The van der Waals surface area contributed by atoms with E-state index in [1.807, 2.05) is 54.1 Å². The Morgan fingerprint density at radius 3 is 2.51 bits per heavy atom. The second-order valence-corrected chi connectivity index (χ2v) is 23.1. The lowest BCUT2D eigenvalue weighted by molar-refractivity contribution is -0.159. The molecule has 16 heteroatoms. The van der Waals surface area contributed by atoms with Gasteiger partial charge in [0.05, 0.1) is 40.4 Å². The number of halogens is 1. The number of nitrogens with zero attached hydrogens (tertiary/aromatic N) is 4. The molecule has 5 atom stereocenters. The summed E-state index contributed by atoms with van der Waals surface area (Å²) < 4.78 is 56.0. The summed E-state index contributed by atoms with van der Waals surface area (Å²) >= 11 is 1.49. The number of benzene rings is 2. The van der Waals surface area contributed by atoms with E-state index in [4.69, 9.17) is 19.4 Å². The summed E-state index contributed by atoms with van der Waals surface area (Å²) in [5, 5.41) is 2.75. The fraction of sp³-hybridized carbons (Fsp3) is 0.551. The minimum Gasteiger partial charge on any atom is -0.460 e. The third kappa shape index (κ3) is 10.1. The Morgan fingerprint density at radius 2 is 1.80 bits per heavy atom. The normalized spacial score (nSPS) is 25.3. The highest BCUT2D eigenvalue weighted by atomic mass is 32.2. The first-order valence-corrected chi connectivity index (χ1v) is 25.3. The van der Waals surface area contributed by atoms with Gasteiger partial charge in [-0.05, 0) is 116 Å². The number of hydrogen-bond acceptors (Lipinski definition) is 11. The molecule has 348 valence electrons. The van der Waals surface area contributed by atoms with Crippen molar-refractivity contribution in [3.63, 3.8) is 0 Å². The molecule has 2 saturated carbocycles. The predicted octanol–water partition coefficient (Wildman–Crippen LogP) is 8.65. The second kappa shape index (κ2) is 18.0. The number of thiazole rings is 1. The van der Waals surface area contributed by atoms with Crippen molar-refractivity contribution in [2.45, 2.75) is 147 Å². The summed E-state index contributed by atoms with van der Waals surface area (Å²) in [5.41, 5.74) is 2.04. The van der Waals surface area contributed by atoms with E-state index < -0.39 is 55.7 Å². The zero-order valence-corrected chi connectivity index (χ0v) is 39.7. The number of nitrogens with one attached hydrogen (secondary N) is 1. The average Bonchev–Trinajstić information content (AvgIpc) is 3.92. The van der Waals surface area contributed by atoms with Crippen molar-refractivity contribution in [3.8, 4) is 16.6 Å². The molecule has 0 bridgehead atoms. The summed E-state index contributed by atoms with van der Waals surface area (Å²) in [4.78, 5) is 68.6. The van der Waals surface area contributed by atoms with Crippen LogP contribution in [0.1, 0.15) is 129 Å². The molecule has 13 nitrogen and oxygen atoms in total. The lowest BCUT2D eigenvalue weighted by atomic mass is 9.90. The number of allylic oxidation sites excluding steroid dienone is 2. The van der Waals surface area contributed by atoms with Crippen LogP contribution in [0.25, 0.3) is 21.6 Å². The van der Waals surface area contributed by atoms with Crippen molar-refractivity contribution < 1.29 is 41.5 Å². The molecule has 2 amide bonds. The number of amides is 2. The third-order valence-electron chi connectivity index (χ3n) is 13.4. The first kappa shape index (κ1) is 46.6. The molecule has 4 aromatic rings. The van der Waals surface area contributed by atoms with Gasteiger partial charge in [-0.3, -0.25) is 28.5 Å². The van der Waals surface area contributed by atoms with Crippen molar-refractivity contribution in [2.24, 2.45) is 17.3 Å². The van der Waals surface area contributed by atoms with Crippen LogP contribution < -0.4 is 9.46 Å². The highest BCUT2D eigenvalue weighted by Gasteiger charge is 2.62. The quantitative estimate of drug-likeness (QED) is 0.114. The number of imidazole rings is 1. The van der Waals surface area contributed by atoms with E-state index in [1.54, 1.807) is 39.8 Å². The molecule has 8 rings (SSSR count). The van der Waals surface area contributed by atoms with Gasteiger partial charge in [0.1, 0.15) is 28.0 Å². The Hall–Kier alpha value is -4.96. The molecule has 0 unspecified atom stereocenters. The maximum Gasteiger partial charge on any atom is 0.307 e. The Morgan fingerprint density at radius 1 is 1.05 bits per heavy atom. The Kier molecular flexibility index (Phi) is 12.9. The molecule has 2 aromatic heterocycles. The van der Waals surface area contributed by atoms with Gasteiger partial charge < -0.3 is 14.4 Å². The standard InChI is InChI=1S/C49H60FN5O8S2/c1-30(2)55-38-16-12-15-37(43-51-35(29-64-43)23-31-17-19-34(50)20-18-31)42(38)52-46(55)62-36-25-39-40(56)27-49(45(59)53-65(60,61)48(6)21-22-48)26-33(49)14-11-9-7-8-10-13-32(44(58)54(39)28-36)24-41(57)63-47(3,4)5/h11-12,14-20,29-30,32-33,36,39H,7-10,13,21-28H2,1-6H3,(H,53,59)/b14-11-/t32-,33-,36-,39+,49-/m1/s1. The zero-order chi connectivity index (χ0) is 46.5. The van der Waals surface area contributed by atoms with E-state index in [0.29, 0.717) is 50.1 Å². The van der Waals surface area contributed by atoms with Crippen molar-refractivity contribution in [2.75, 3.05) is 6.54 Å². The largest absolute Gasteiger partial charge is 0.460 e. The molecule has 65 heavy (non-hydrogen) atoms. The molecular weight excluding hydrogens is 870 g/mol. The molecule has 2 aromatic carbocycles. The lowest BCUT2D eigenvalue weighted by Crippen LogP contribution is -2.47. The number of ether oxygens (including phenoxy) is 2. The maximum atomic E-state index is 14.9. The summed E-state index contributed by atoms with van der Waals surface area (Å²) in [6, 6.07) is 11.4. The fourth-order valence-corrected chi connectivity index (χ4v) is 11.5. The highest BCUT2D eigenvalue weighted by Crippen LogP contribution is 2.57. The van der Waals surface area contributed by atoms with Gasteiger partial charge in [0.25, 0.3) is 6.01 Å². The number of para-hydroxylation sites is 1. The van der Waals surface area contributed by atoms with Gasteiger partial charge in [0.15, 0.2) is 5.78 Å². The molecule has 0 spiro atoms. The number of esters is 1. The van der Waals surface area contributed by atoms with Crippen molar-refractivity contribution in [1.82, 2.24) is 24.2 Å². The first-order chi connectivity index (χ1) is 30.8. The Balaban J connectivity index is 1.11. The summed E-state index contributed by atoms with van der Waals surface area (Å²) in [6.07, 6.45) is 8.14. The van der Waals surface area contributed by atoms with Gasteiger partial charge >= 0.3 is 5.97 Å². The van der Waals surface area contributed by atoms with E-state index in [1.165, 1.54) is 28.4 Å². The summed E-state index contributed by atoms with van der Waals surface area (Å²) in [7, 11) is -3.98. The Labute approximate surface area is 384 Å². The van der Waals surface area contributed by atoms with E-state index in [2.05, 4.69) is 4.72 Å². The van der Waals surface area contributed by atoms with Crippen molar-refractivity contribution >= 4 is 56.0 Å². The minimum atomic E-state index is -3.98. The fourth-order valence-electron chi connectivity index (χ4n) is 9.33. The Bertz CT molecular complexity index is 2610. The van der Waals surface area contributed by atoms with Crippen LogP contribution in [-0.4, -0.2) is 80.5 Å². The van der Waals surface area contributed by atoms with Crippen LogP contribution in [0.4, 0.5) is 4.39 Å². The van der Waals surface area contributed by atoms with Gasteiger partial charge in [-0.15, -0.1) is 11.3 Å². The van der Waals surface area contributed by atoms with E-state index in [-0.39, 0.29) is 55.3 Å². The molecule has 1 saturated heterocycles. The second-order valence-electron chi connectivity index (χ2n) is 20.0. The molecule has 2 aliphatic carbocycles. The maximum absolute atomic E-state index is 14.9. The summed E-state index contributed by atoms with van der Waals surface area (Å²) in [5.74, 6) is -3.31. The molecular formula is C49H60FN5O8S2. The van der Waals surface area contributed by atoms with Crippen LogP contribution >= 0.6 is 11.3 Å². The van der Waals surface area contributed by atoms with E-state index in [0.717, 1.165) is 46.6 Å². The number of Topliss-reactive ketones (excluding diaryl/α,β-unsaturated/α-hetero) is 1. The zero-order valence-electron chi connectivity index (χ0n) is 38.1. The van der Waals surface area contributed by atoms with E-state index in [9.17, 15) is 32.0 Å². The van der Waals surface area contributed by atoms with Gasteiger partial charge in [-0.1, -0.05) is 43.2 Å². The van der Waals surface area contributed by atoms with Crippen LogP contribution in [0.15, 0.2) is 60.0 Å². The van der Waals surface area contributed by atoms with Crippen LogP contribution in [-0.2, 0) is 40.4 Å². The molecule has 4 aliphatic rings. The number of aromatic nitrogens is 3. The molecule has 1 N–H and O–H groups in total. The SMILES string of the molecule is CC(C)n1c(O[C@@H]2C[C@H]3C(=O)C[C@]4(C(=O)NS(=O)(=O)C5(C)CC5)C[C@H]4/C=C\CCCCC[C@H](CC(=O)OC(C)(C)C)C(=O)N3C2)nc2c(-c3nc(Cc4ccc(F)cc4)cs3)cccc21. The van der Waals surface area contributed by atoms with Crippen LogP contribution in [0, 0.1) is 23.1 Å². The number of fused-ring (bicyclic) bond motifs is 3. The van der Waals surface area contributed by atoms with Crippen LogP contribution in [0.5, 0.6) is 6.01 Å². The number of carbonyl (C=O) groups excluding carboxylic acids is 4. The number of rotatable bonds is 11. The van der Waals surface area contributed by atoms with Gasteiger partial charge in [-0.2, -0.15) is 4.98 Å². The van der Waals surface area contributed by atoms with Gasteiger partial charge in [0.2, 0.25) is 21.8 Å². The monoisotopic (exact) mass is 929 g/mol. The molecule has 0 radical (unpaired) electrons. The topological polar surface area (TPSA) is 167 Å². The van der Waals surface area contributed by atoms with Crippen molar-refractivity contribution in [1.29, 1.82) is 0 Å². The van der Waals surface area contributed by atoms with Crippen molar-refractivity contribution in [3.05, 3.63) is 77.1 Å². The molecule has 4 heterocycles. The number of ketones is 1. The minimum absolute atomic E-state index is 0.0305. The van der Waals surface area contributed by atoms with Crippen LogP contribution in [0.3, 0.4) is 0 Å². The first-order valence-electron chi connectivity index (χ1n) is 22.9. The number of sulfonamides is 1. The van der Waals surface area contributed by atoms with Gasteiger partial charge in [-0.25, -0.2) is 17.8 Å². The lowest BCUT2D eigenvalue weighted by Gasteiger charge is -2.29.